The van der Waals surface area contributed by atoms with Gasteiger partial charge in [-0.2, -0.15) is 0 Å². The number of benzene rings is 1. The maximum Gasteiger partial charge on any atom is 0.151 e. The zero-order valence-corrected chi connectivity index (χ0v) is 14.6. The summed E-state index contributed by atoms with van der Waals surface area (Å²) in [7, 11) is -2.87. The van der Waals surface area contributed by atoms with Gasteiger partial charge in [0, 0.05) is 12.1 Å². The van der Waals surface area contributed by atoms with Gasteiger partial charge in [-0.15, -0.1) is 0 Å². The minimum atomic E-state index is -2.87. The lowest BCUT2D eigenvalue weighted by Gasteiger charge is -2.36. The maximum absolute atomic E-state index is 11.8. The van der Waals surface area contributed by atoms with Gasteiger partial charge >= 0.3 is 0 Å². The monoisotopic (exact) mass is 337 g/mol. The van der Waals surface area contributed by atoms with Gasteiger partial charge in [0.15, 0.2) is 9.84 Å². The Kier molecular flexibility index (Phi) is 5.27. The molecule has 0 bridgehead atoms. The average molecular weight is 337 g/mol. The summed E-state index contributed by atoms with van der Waals surface area (Å²) in [6, 6.07) is 8.49. The van der Waals surface area contributed by atoms with E-state index < -0.39 is 9.84 Å². The van der Waals surface area contributed by atoms with Crippen LogP contribution in [0.15, 0.2) is 24.3 Å². The SMILES string of the molecule is Cc1cccc(O[C@@H]2CCCC[C@@H]2N[C@@H]2CCCS(=O)(=O)C2)c1. The molecule has 2 fully saturated rings. The topological polar surface area (TPSA) is 55.4 Å². The lowest BCUT2D eigenvalue weighted by Crippen LogP contribution is -2.52. The lowest BCUT2D eigenvalue weighted by atomic mass is 9.91. The van der Waals surface area contributed by atoms with E-state index in [4.69, 9.17) is 4.74 Å². The van der Waals surface area contributed by atoms with Crippen molar-refractivity contribution in [2.24, 2.45) is 0 Å². The number of hydrogen-bond donors (Lipinski definition) is 1. The van der Waals surface area contributed by atoms with E-state index in [-0.39, 0.29) is 23.9 Å². The molecule has 2 aliphatic rings. The van der Waals surface area contributed by atoms with E-state index in [9.17, 15) is 8.42 Å². The number of sulfone groups is 1. The van der Waals surface area contributed by atoms with Gasteiger partial charge in [-0.25, -0.2) is 8.42 Å². The van der Waals surface area contributed by atoms with Crippen LogP contribution in [0.4, 0.5) is 0 Å². The Balaban J connectivity index is 1.64. The van der Waals surface area contributed by atoms with Gasteiger partial charge in [0.25, 0.3) is 0 Å². The fraction of sp³-hybridized carbons (Fsp3) is 0.667. The normalized spacial score (nSPS) is 30.7. The van der Waals surface area contributed by atoms with Crippen molar-refractivity contribution >= 4 is 9.84 Å². The van der Waals surface area contributed by atoms with Gasteiger partial charge in [0.05, 0.1) is 11.5 Å². The molecule has 1 aliphatic heterocycles. The lowest BCUT2D eigenvalue weighted by molar-refractivity contribution is 0.107. The third kappa shape index (κ3) is 4.70. The summed E-state index contributed by atoms with van der Waals surface area (Å²) in [6.07, 6.45) is 6.32. The highest BCUT2D eigenvalue weighted by Crippen LogP contribution is 2.26. The van der Waals surface area contributed by atoms with Crippen molar-refractivity contribution in [3.63, 3.8) is 0 Å². The molecule has 4 nitrogen and oxygen atoms in total. The molecule has 1 aliphatic carbocycles. The molecule has 0 amide bonds. The van der Waals surface area contributed by atoms with Gasteiger partial charge < -0.3 is 10.1 Å². The molecule has 5 heteroatoms. The number of ether oxygens (including phenoxy) is 1. The van der Waals surface area contributed by atoms with Crippen LogP contribution < -0.4 is 10.1 Å². The average Bonchev–Trinajstić information content (AvgIpc) is 2.48. The molecule has 23 heavy (non-hydrogen) atoms. The summed E-state index contributed by atoms with van der Waals surface area (Å²) in [5.74, 6) is 1.54. The quantitative estimate of drug-likeness (QED) is 0.918. The molecule has 0 unspecified atom stereocenters. The minimum absolute atomic E-state index is 0.0838. The van der Waals surface area contributed by atoms with Crippen LogP contribution in [0, 0.1) is 6.92 Å². The fourth-order valence-electron chi connectivity index (χ4n) is 3.75. The second kappa shape index (κ2) is 7.22. The Hall–Kier alpha value is -1.07. The predicted molar refractivity (Wildman–Crippen MR) is 92.7 cm³/mol. The van der Waals surface area contributed by atoms with Crippen molar-refractivity contribution in [1.29, 1.82) is 0 Å². The highest BCUT2D eigenvalue weighted by atomic mass is 32.2. The Morgan fingerprint density at radius 2 is 1.96 bits per heavy atom. The summed E-state index contributed by atoms with van der Waals surface area (Å²) in [6.45, 7) is 2.07. The first-order chi connectivity index (χ1) is 11.0. The Morgan fingerprint density at radius 3 is 2.74 bits per heavy atom. The molecule has 3 atom stereocenters. The molecule has 1 saturated carbocycles. The summed E-state index contributed by atoms with van der Waals surface area (Å²) >= 11 is 0. The maximum atomic E-state index is 11.8. The van der Waals surface area contributed by atoms with Crippen molar-refractivity contribution in [2.75, 3.05) is 11.5 Å². The molecule has 1 aromatic rings. The summed E-state index contributed by atoms with van der Waals surface area (Å²) < 4.78 is 29.9. The molecule has 1 heterocycles. The predicted octanol–water partition coefficient (Wildman–Crippen LogP) is 2.85. The highest BCUT2D eigenvalue weighted by Gasteiger charge is 2.32. The zero-order valence-electron chi connectivity index (χ0n) is 13.8. The Labute approximate surface area is 139 Å². The second-order valence-electron chi connectivity index (χ2n) is 6.98. The summed E-state index contributed by atoms with van der Waals surface area (Å²) in [5, 5.41) is 3.59. The van der Waals surface area contributed by atoms with Crippen molar-refractivity contribution in [3.05, 3.63) is 29.8 Å². The smallest absolute Gasteiger partial charge is 0.151 e. The number of aryl methyl sites for hydroxylation is 1. The standard InChI is InChI=1S/C18H27NO3S/c1-14-6-4-8-16(12-14)22-18-10-3-2-9-17(18)19-15-7-5-11-23(20,21)13-15/h4,6,8,12,15,17-19H,2-3,5,7,9-11,13H2,1H3/t15-,17+,18-/m1/s1. The van der Waals surface area contributed by atoms with Gasteiger partial charge in [-0.05, 0) is 56.7 Å². The van der Waals surface area contributed by atoms with Gasteiger partial charge in [0.2, 0.25) is 0 Å². The van der Waals surface area contributed by atoms with E-state index >= 15 is 0 Å². The Morgan fingerprint density at radius 1 is 1.13 bits per heavy atom. The molecule has 0 aromatic heterocycles. The van der Waals surface area contributed by atoms with Gasteiger partial charge in [-0.1, -0.05) is 18.6 Å². The van der Waals surface area contributed by atoms with Gasteiger partial charge in [0.1, 0.15) is 11.9 Å². The Bertz CT molecular complexity index is 629. The van der Waals surface area contributed by atoms with Crippen LogP contribution in [0.1, 0.15) is 44.1 Å². The fourth-order valence-corrected chi connectivity index (χ4v) is 5.40. The van der Waals surface area contributed by atoms with E-state index in [0.29, 0.717) is 5.75 Å². The minimum Gasteiger partial charge on any atom is -0.489 e. The molecule has 128 valence electrons. The molecule has 1 N–H and O–H groups in total. The van der Waals surface area contributed by atoms with Crippen LogP contribution in [0.25, 0.3) is 0 Å². The third-order valence-electron chi connectivity index (χ3n) is 4.89. The van der Waals surface area contributed by atoms with Crippen molar-refractivity contribution in [1.82, 2.24) is 5.32 Å². The molecular weight excluding hydrogens is 310 g/mol. The first-order valence-corrected chi connectivity index (χ1v) is 10.5. The number of hydrogen-bond acceptors (Lipinski definition) is 4. The third-order valence-corrected chi connectivity index (χ3v) is 6.71. The van der Waals surface area contributed by atoms with Crippen molar-refractivity contribution < 1.29 is 13.2 Å². The van der Waals surface area contributed by atoms with Crippen LogP contribution >= 0.6 is 0 Å². The first kappa shape index (κ1) is 16.8. The summed E-state index contributed by atoms with van der Waals surface area (Å²) in [5.41, 5.74) is 1.20. The summed E-state index contributed by atoms with van der Waals surface area (Å²) in [4.78, 5) is 0. The van der Waals surface area contributed by atoms with Crippen LogP contribution in [-0.4, -0.2) is 38.1 Å². The van der Waals surface area contributed by atoms with Gasteiger partial charge in [-0.3, -0.25) is 0 Å². The van der Waals surface area contributed by atoms with E-state index in [1.807, 2.05) is 12.1 Å². The second-order valence-corrected chi connectivity index (χ2v) is 9.21. The van der Waals surface area contributed by atoms with Crippen molar-refractivity contribution in [2.45, 2.75) is 63.6 Å². The zero-order chi connectivity index (χ0) is 16.3. The molecule has 3 rings (SSSR count). The van der Waals surface area contributed by atoms with Crippen LogP contribution in [-0.2, 0) is 9.84 Å². The highest BCUT2D eigenvalue weighted by molar-refractivity contribution is 7.91. The molecule has 1 aromatic carbocycles. The largest absolute Gasteiger partial charge is 0.489 e. The van der Waals surface area contributed by atoms with E-state index in [0.717, 1.165) is 31.4 Å². The number of nitrogens with one attached hydrogen (secondary N) is 1. The van der Waals surface area contributed by atoms with E-state index in [2.05, 4.69) is 24.4 Å². The first-order valence-electron chi connectivity index (χ1n) is 8.72. The van der Waals surface area contributed by atoms with Crippen molar-refractivity contribution in [3.8, 4) is 5.75 Å². The molecule has 1 saturated heterocycles. The van der Waals surface area contributed by atoms with Crippen LogP contribution in [0.5, 0.6) is 5.75 Å². The van der Waals surface area contributed by atoms with Crippen LogP contribution in [0.2, 0.25) is 0 Å². The van der Waals surface area contributed by atoms with Crippen LogP contribution in [0.3, 0.4) is 0 Å². The molecule has 0 spiro atoms. The molecule has 0 radical (unpaired) electrons. The molecular formula is C18H27NO3S. The van der Waals surface area contributed by atoms with E-state index in [1.165, 1.54) is 18.4 Å². The number of rotatable bonds is 4. The van der Waals surface area contributed by atoms with E-state index in [1.54, 1.807) is 0 Å².